The van der Waals surface area contributed by atoms with E-state index in [1.165, 1.54) is 0 Å². The molecule has 1 aliphatic heterocycles. The summed E-state index contributed by atoms with van der Waals surface area (Å²) in [7, 11) is 0. The Kier molecular flexibility index (Phi) is 4.75. The van der Waals surface area contributed by atoms with Crippen LogP contribution in [0, 0.1) is 0 Å². The van der Waals surface area contributed by atoms with Crippen LogP contribution in [-0.4, -0.2) is 48.6 Å². The molecule has 6 heteroatoms. The molecule has 0 radical (unpaired) electrons. The number of carbonyl (C=O) groups is 1. The van der Waals surface area contributed by atoms with Crippen molar-refractivity contribution in [2.24, 2.45) is 0 Å². The molecule has 0 unspecified atom stereocenters. The summed E-state index contributed by atoms with van der Waals surface area (Å²) in [6.07, 6.45) is 0. The average Bonchev–Trinajstić information content (AvgIpc) is 3.14. The highest BCUT2D eigenvalue weighted by molar-refractivity contribution is 7.22. The number of amides is 1. The van der Waals surface area contributed by atoms with Gasteiger partial charge in [-0.25, -0.2) is 4.98 Å². The van der Waals surface area contributed by atoms with E-state index in [1.54, 1.807) is 11.3 Å². The quantitative estimate of drug-likeness (QED) is 0.706. The monoisotopic (exact) mass is 367 g/mol. The van der Waals surface area contributed by atoms with Crippen molar-refractivity contribution >= 4 is 32.6 Å². The molecular weight excluding hydrogens is 346 g/mol. The Morgan fingerprint density at radius 3 is 2.58 bits per heavy atom. The molecule has 0 atom stereocenters. The number of piperazine rings is 1. The van der Waals surface area contributed by atoms with Crippen LogP contribution < -0.4 is 9.64 Å². The van der Waals surface area contributed by atoms with Crippen LogP contribution in [0.3, 0.4) is 0 Å². The SMILES string of the molecule is CCOc1cccc2sc(N3CCN(C(=O)c4ccccc4)CC3)nc12. The summed E-state index contributed by atoms with van der Waals surface area (Å²) in [6.45, 7) is 5.62. The highest BCUT2D eigenvalue weighted by Gasteiger charge is 2.24. The zero-order valence-electron chi connectivity index (χ0n) is 14.7. The zero-order valence-corrected chi connectivity index (χ0v) is 15.5. The number of thiazole rings is 1. The van der Waals surface area contributed by atoms with Gasteiger partial charge in [-0.1, -0.05) is 35.6 Å². The Morgan fingerprint density at radius 2 is 1.85 bits per heavy atom. The van der Waals surface area contributed by atoms with Crippen LogP contribution in [0.5, 0.6) is 5.75 Å². The topological polar surface area (TPSA) is 45.7 Å². The maximum absolute atomic E-state index is 12.6. The molecule has 1 amide bonds. The molecule has 1 aromatic heterocycles. The zero-order chi connectivity index (χ0) is 17.9. The minimum atomic E-state index is 0.105. The summed E-state index contributed by atoms with van der Waals surface area (Å²) >= 11 is 1.68. The molecule has 0 saturated carbocycles. The molecule has 4 rings (SSSR count). The molecule has 2 aromatic carbocycles. The first-order valence-electron chi connectivity index (χ1n) is 8.88. The summed E-state index contributed by atoms with van der Waals surface area (Å²) in [4.78, 5) is 21.6. The number of carbonyl (C=O) groups excluding carboxylic acids is 1. The lowest BCUT2D eigenvalue weighted by atomic mass is 10.2. The molecule has 2 heterocycles. The van der Waals surface area contributed by atoms with Gasteiger partial charge in [0.15, 0.2) is 5.13 Å². The number of aromatic nitrogens is 1. The number of benzene rings is 2. The first-order chi connectivity index (χ1) is 12.8. The van der Waals surface area contributed by atoms with Crippen LogP contribution in [-0.2, 0) is 0 Å². The van der Waals surface area contributed by atoms with Gasteiger partial charge in [-0.3, -0.25) is 4.79 Å². The number of para-hydroxylation sites is 1. The van der Waals surface area contributed by atoms with Crippen molar-refractivity contribution < 1.29 is 9.53 Å². The number of anilines is 1. The maximum atomic E-state index is 12.6. The van der Waals surface area contributed by atoms with Gasteiger partial charge in [0.25, 0.3) is 5.91 Å². The van der Waals surface area contributed by atoms with Crippen LogP contribution >= 0.6 is 11.3 Å². The third-order valence-corrected chi connectivity index (χ3v) is 5.61. The van der Waals surface area contributed by atoms with E-state index in [0.29, 0.717) is 19.7 Å². The van der Waals surface area contributed by atoms with Gasteiger partial charge < -0.3 is 14.5 Å². The molecule has 0 aliphatic carbocycles. The van der Waals surface area contributed by atoms with Crippen LogP contribution in [0.25, 0.3) is 10.2 Å². The normalized spacial score (nSPS) is 14.7. The molecule has 26 heavy (non-hydrogen) atoms. The molecule has 3 aromatic rings. The summed E-state index contributed by atoms with van der Waals surface area (Å²) in [5.74, 6) is 0.943. The van der Waals surface area contributed by atoms with Gasteiger partial charge >= 0.3 is 0 Å². The van der Waals surface area contributed by atoms with Crippen molar-refractivity contribution in [2.75, 3.05) is 37.7 Å². The highest BCUT2D eigenvalue weighted by Crippen LogP contribution is 2.34. The van der Waals surface area contributed by atoms with E-state index in [4.69, 9.17) is 9.72 Å². The van der Waals surface area contributed by atoms with Gasteiger partial charge in [0.05, 0.1) is 11.3 Å². The fraction of sp³-hybridized carbons (Fsp3) is 0.300. The van der Waals surface area contributed by atoms with Crippen molar-refractivity contribution in [3.8, 4) is 5.75 Å². The van der Waals surface area contributed by atoms with E-state index in [0.717, 1.165) is 39.8 Å². The second-order valence-electron chi connectivity index (χ2n) is 6.18. The first kappa shape index (κ1) is 16.8. The van der Waals surface area contributed by atoms with Gasteiger partial charge in [0.1, 0.15) is 11.3 Å². The van der Waals surface area contributed by atoms with E-state index in [9.17, 15) is 4.79 Å². The first-order valence-corrected chi connectivity index (χ1v) is 9.69. The van der Waals surface area contributed by atoms with Crippen molar-refractivity contribution in [2.45, 2.75) is 6.92 Å². The summed E-state index contributed by atoms with van der Waals surface area (Å²) in [6, 6.07) is 15.5. The van der Waals surface area contributed by atoms with Crippen molar-refractivity contribution in [3.05, 3.63) is 54.1 Å². The minimum Gasteiger partial charge on any atom is -0.492 e. The molecule has 1 fully saturated rings. The average molecular weight is 367 g/mol. The van der Waals surface area contributed by atoms with Gasteiger partial charge in [-0.15, -0.1) is 0 Å². The standard InChI is InChI=1S/C20H21N3O2S/c1-2-25-16-9-6-10-17-18(16)21-20(26-17)23-13-11-22(12-14-23)19(24)15-7-4-3-5-8-15/h3-10H,2,11-14H2,1H3. The van der Waals surface area contributed by atoms with E-state index >= 15 is 0 Å². The maximum Gasteiger partial charge on any atom is 0.253 e. The lowest BCUT2D eigenvalue weighted by Gasteiger charge is -2.34. The molecule has 134 valence electrons. The summed E-state index contributed by atoms with van der Waals surface area (Å²) < 4.78 is 6.82. The van der Waals surface area contributed by atoms with Gasteiger partial charge in [0, 0.05) is 31.7 Å². The Bertz CT molecular complexity index is 902. The second kappa shape index (κ2) is 7.33. The summed E-state index contributed by atoms with van der Waals surface area (Å²) in [5.41, 5.74) is 1.68. The van der Waals surface area contributed by atoms with Crippen molar-refractivity contribution in [1.82, 2.24) is 9.88 Å². The molecular formula is C20H21N3O2S. The molecule has 0 bridgehead atoms. The molecule has 1 aliphatic rings. The Hall–Kier alpha value is -2.60. The Balaban J connectivity index is 1.47. The predicted molar refractivity (Wildman–Crippen MR) is 105 cm³/mol. The fourth-order valence-electron chi connectivity index (χ4n) is 3.18. The number of fused-ring (bicyclic) bond motifs is 1. The number of hydrogen-bond acceptors (Lipinski definition) is 5. The van der Waals surface area contributed by atoms with E-state index in [-0.39, 0.29) is 5.91 Å². The lowest BCUT2D eigenvalue weighted by Crippen LogP contribution is -2.48. The second-order valence-corrected chi connectivity index (χ2v) is 7.19. The number of ether oxygens (including phenoxy) is 1. The third-order valence-electron chi connectivity index (χ3n) is 4.53. The van der Waals surface area contributed by atoms with Crippen LogP contribution in [0.15, 0.2) is 48.5 Å². The van der Waals surface area contributed by atoms with Gasteiger partial charge in [-0.2, -0.15) is 0 Å². The van der Waals surface area contributed by atoms with Crippen molar-refractivity contribution in [1.29, 1.82) is 0 Å². The van der Waals surface area contributed by atoms with Gasteiger partial charge in [-0.05, 0) is 31.2 Å². The predicted octanol–water partition coefficient (Wildman–Crippen LogP) is 3.66. The fourth-order valence-corrected chi connectivity index (χ4v) is 4.22. The third kappa shape index (κ3) is 3.24. The van der Waals surface area contributed by atoms with Crippen LogP contribution in [0.4, 0.5) is 5.13 Å². The lowest BCUT2D eigenvalue weighted by molar-refractivity contribution is 0.0747. The molecule has 0 N–H and O–H groups in total. The largest absolute Gasteiger partial charge is 0.492 e. The highest BCUT2D eigenvalue weighted by atomic mass is 32.1. The van der Waals surface area contributed by atoms with E-state index in [1.807, 2.05) is 54.3 Å². The van der Waals surface area contributed by atoms with Crippen LogP contribution in [0.1, 0.15) is 17.3 Å². The molecule has 1 saturated heterocycles. The Labute approximate surface area is 156 Å². The van der Waals surface area contributed by atoms with Crippen LogP contribution in [0.2, 0.25) is 0 Å². The smallest absolute Gasteiger partial charge is 0.253 e. The van der Waals surface area contributed by atoms with Gasteiger partial charge in [0.2, 0.25) is 0 Å². The van der Waals surface area contributed by atoms with E-state index in [2.05, 4.69) is 11.0 Å². The van der Waals surface area contributed by atoms with E-state index < -0.39 is 0 Å². The Morgan fingerprint density at radius 1 is 1.08 bits per heavy atom. The number of rotatable bonds is 4. The number of hydrogen-bond donors (Lipinski definition) is 0. The molecule has 0 spiro atoms. The minimum absolute atomic E-state index is 0.105. The van der Waals surface area contributed by atoms with Crippen molar-refractivity contribution in [3.63, 3.8) is 0 Å². The summed E-state index contributed by atoms with van der Waals surface area (Å²) in [5, 5.41) is 0.999. The molecule has 5 nitrogen and oxygen atoms in total. The number of nitrogens with zero attached hydrogens (tertiary/aromatic N) is 3.